The molecule has 0 N–H and O–H groups in total. The van der Waals surface area contributed by atoms with Crippen molar-refractivity contribution in [2.75, 3.05) is 7.11 Å². The number of hydrogen-bond donors (Lipinski definition) is 0. The van der Waals surface area contributed by atoms with Gasteiger partial charge in [-0.1, -0.05) is 0 Å². The van der Waals surface area contributed by atoms with Crippen molar-refractivity contribution < 1.29 is 57.4 Å². The molecule has 2 nitrogen and oxygen atoms in total. The summed E-state index contributed by atoms with van der Waals surface area (Å²) in [4.78, 5) is -3.31. The van der Waals surface area contributed by atoms with Crippen molar-refractivity contribution in [1.82, 2.24) is 4.90 Å². The number of allylic oxidation sites excluding steroid dienone is 1. The molecule has 0 aromatic carbocycles. The Balaban J connectivity index is 6.30. The highest BCUT2D eigenvalue weighted by molar-refractivity contribution is 5.09. The molecular formula is C7H3F12NO. The lowest BCUT2D eigenvalue weighted by Crippen LogP contribution is -2.57. The van der Waals surface area contributed by atoms with Crippen LogP contribution in [0, 0.1) is 0 Å². The third-order valence-corrected chi connectivity index (χ3v) is 1.72. The van der Waals surface area contributed by atoms with Gasteiger partial charge in [0.1, 0.15) is 0 Å². The molecule has 0 aromatic heterocycles. The SMILES string of the molecule is COC(=C(F)N(C(F)(F)F)C(F)(F)C(F)(F)F)C(F)(F)F. The minimum atomic E-state index is -7.01. The van der Waals surface area contributed by atoms with Crippen LogP contribution in [-0.4, -0.2) is 36.7 Å². The van der Waals surface area contributed by atoms with Gasteiger partial charge in [-0.2, -0.15) is 44.4 Å². The van der Waals surface area contributed by atoms with E-state index in [1.165, 1.54) is 0 Å². The molecular weight excluding hydrogens is 342 g/mol. The van der Waals surface area contributed by atoms with Crippen LogP contribution in [0.4, 0.5) is 52.7 Å². The van der Waals surface area contributed by atoms with E-state index in [0.29, 0.717) is 0 Å². The van der Waals surface area contributed by atoms with Gasteiger partial charge in [0.25, 0.3) is 5.76 Å². The van der Waals surface area contributed by atoms with Crippen LogP contribution in [0.2, 0.25) is 0 Å². The average molecular weight is 345 g/mol. The molecule has 0 fully saturated rings. The summed E-state index contributed by atoms with van der Waals surface area (Å²) in [7, 11) is -0.0668. The van der Waals surface area contributed by atoms with E-state index in [4.69, 9.17) is 0 Å². The number of rotatable bonds is 3. The number of halogens is 12. The van der Waals surface area contributed by atoms with Crippen molar-refractivity contribution in [3.05, 3.63) is 11.7 Å². The number of hydrogen-bond acceptors (Lipinski definition) is 2. The van der Waals surface area contributed by atoms with Gasteiger partial charge in [-0.3, -0.25) is 0 Å². The monoisotopic (exact) mass is 345 g/mol. The largest absolute Gasteiger partial charge is 0.491 e. The van der Waals surface area contributed by atoms with Crippen LogP contribution in [-0.2, 0) is 4.74 Å². The van der Waals surface area contributed by atoms with E-state index < -0.39 is 41.3 Å². The first-order chi connectivity index (χ1) is 8.98. The molecule has 14 heteroatoms. The third kappa shape index (κ3) is 4.00. The molecule has 0 saturated heterocycles. The van der Waals surface area contributed by atoms with E-state index in [2.05, 4.69) is 4.74 Å². The second-order valence-corrected chi connectivity index (χ2v) is 3.16. The van der Waals surface area contributed by atoms with E-state index in [0.717, 1.165) is 0 Å². The number of alkyl halides is 11. The predicted octanol–water partition coefficient (Wildman–Crippen LogP) is 4.31. The summed E-state index contributed by atoms with van der Waals surface area (Å²) in [6.45, 7) is 0. The van der Waals surface area contributed by atoms with Crippen LogP contribution >= 0.6 is 0 Å². The van der Waals surface area contributed by atoms with Crippen LogP contribution in [0.15, 0.2) is 11.7 Å². The first-order valence-corrected chi connectivity index (χ1v) is 4.30. The fourth-order valence-corrected chi connectivity index (χ4v) is 0.939. The summed E-state index contributed by atoms with van der Waals surface area (Å²) in [5, 5.41) is 0. The molecule has 21 heavy (non-hydrogen) atoms. The summed E-state index contributed by atoms with van der Waals surface area (Å²) >= 11 is 0. The molecule has 0 unspecified atom stereocenters. The van der Waals surface area contributed by atoms with Crippen molar-refractivity contribution >= 4 is 0 Å². The molecule has 126 valence electrons. The Hall–Kier alpha value is -1.50. The Morgan fingerprint density at radius 3 is 1.38 bits per heavy atom. The topological polar surface area (TPSA) is 12.5 Å². The first-order valence-electron chi connectivity index (χ1n) is 4.30. The smallest absolute Gasteiger partial charge is 0.489 e. The Kier molecular flexibility index (Phi) is 4.98. The van der Waals surface area contributed by atoms with E-state index >= 15 is 0 Å². The van der Waals surface area contributed by atoms with Gasteiger partial charge < -0.3 is 4.74 Å². The normalized spacial score (nSPS) is 15.7. The van der Waals surface area contributed by atoms with Gasteiger partial charge in [0.15, 0.2) is 0 Å². The molecule has 0 aliphatic rings. The maximum Gasteiger partial charge on any atom is 0.491 e. The van der Waals surface area contributed by atoms with Crippen molar-refractivity contribution in [2.24, 2.45) is 0 Å². The van der Waals surface area contributed by atoms with Crippen LogP contribution in [0.25, 0.3) is 0 Å². The second-order valence-electron chi connectivity index (χ2n) is 3.16. The van der Waals surface area contributed by atoms with Gasteiger partial charge in [-0.25, -0.2) is 0 Å². The number of methoxy groups -OCH3 is 1. The van der Waals surface area contributed by atoms with Gasteiger partial charge in [0.2, 0.25) is 5.95 Å². The predicted molar refractivity (Wildman–Crippen MR) is 40.1 cm³/mol. The molecule has 0 aromatic rings. The van der Waals surface area contributed by atoms with Crippen LogP contribution < -0.4 is 0 Å². The zero-order valence-corrected chi connectivity index (χ0v) is 9.39. The second kappa shape index (κ2) is 5.36. The standard InChI is InChI=1S/C7H3F12NO/c1-21-2(4(9,10)11)3(8)20(7(17,18)19)6(15,16)5(12,13)14/h1H3. The van der Waals surface area contributed by atoms with Crippen molar-refractivity contribution in [2.45, 2.75) is 24.7 Å². The fraction of sp³-hybridized carbons (Fsp3) is 0.714. The molecule has 0 saturated carbocycles. The molecule has 0 aliphatic carbocycles. The molecule has 0 spiro atoms. The summed E-state index contributed by atoms with van der Waals surface area (Å²) in [6, 6.07) is -7.00. The van der Waals surface area contributed by atoms with Crippen molar-refractivity contribution in [3.8, 4) is 0 Å². The molecule has 0 bridgehead atoms. The summed E-state index contributed by atoms with van der Waals surface area (Å²) in [5.74, 6) is -7.29. The molecule has 0 atom stereocenters. The van der Waals surface area contributed by atoms with Crippen LogP contribution in [0.3, 0.4) is 0 Å². The summed E-state index contributed by atoms with van der Waals surface area (Å²) in [5.41, 5.74) is 0. The highest BCUT2D eigenvalue weighted by atomic mass is 19.4. The Morgan fingerprint density at radius 2 is 1.19 bits per heavy atom. The molecule has 0 rings (SSSR count). The van der Waals surface area contributed by atoms with Crippen molar-refractivity contribution in [3.63, 3.8) is 0 Å². The van der Waals surface area contributed by atoms with E-state index in [1.54, 1.807) is 0 Å². The first kappa shape index (κ1) is 19.5. The fourth-order valence-electron chi connectivity index (χ4n) is 0.939. The minimum Gasteiger partial charge on any atom is -0.489 e. The Bertz CT molecular complexity index is 401. The van der Waals surface area contributed by atoms with E-state index in [-0.39, 0.29) is 7.11 Å². The van der Waals surface area contributed by atoms with Crippen molar-refractivity contribution in [1.29, 1.82) is 0 Å². The van der Waals surface area contributed by atoms with Gasteiger partial charge in [-0.15, -0.1) is 13.2 Å². The van der Waals surface area contributed by atoms with E-state index in [9.17, 15) is 52.7 Å². The molecule has 0 amide bonds. The Morgan fingerprint density at radius 1 is 0.810 bits per heavy atom. The van der Waals surface area contributed by atoms with Crippen LogP contribution in [0.5, 0.6) is 0 Å². The quantitative estimate of drug-likeness (QED) is 0.429. The van der Waals surface area contributed by atoms with Gasteiger partial charge >= 0.3 is 24.7 Å². The highest BCUT2D eigenvalue weighted by Gasteiger charge is 2.70. The maximum absolute atomic E-state index is 13.0. The van der Waals surface area contributed by atoms with Crippen LogP contribution in [0.1, 0.15) is 0 Å². The Labute approximate surface area is 107 Å². The number of ether oxygens (including phenoxy) is 1. The maximum atomic E-state index is 13.0. The minimum absolute atomic E-state index is 0.0668. The zero-order valence-electron chi connectivity index (χ0n) is 9.39. The summed E-state index contributed by atoms with van der Waals surface area (Å²) < 4.78 is 149. The van der Waals surface area contributed by atoms with Gasteiger partial charge in [0, 0.05) is 0 Å². The average Bonchev–Trinajstić information content (AvgIpc) is 2.10. The lowest BCUT2D eigenvalue weighted by atomic mass is 10.4. The lowest BCUT2D eigenvalue weighted by molar-refractivity contribution is -0.405. The molecule has 0 aliphatic heterocycles. The lowest BCUT2D eigenvalue weighted by Gasteiger charge is -2.33. The molecule has 0 heterocycles. The van der Waals surface area contributed by atoms with Gasteiger partial charge in [-0.05, 0) is 0 Å². The number of nitrogens with zero attached hydrogens (tertiary/aromatic N) is 1. The summed E-state index contributed by atoms with van der Waals surface area (Å²) in [6.07, 6.45) is -19.9. The van der Waals surface area contributed by atoms with Gasteiger partial charge in [0.05, 0.1) is 7.11 Å². The zero-order chi connectivity index (χ0) is 17.4. The highest BCUT2D eigenvalue weighted by Crippen LogP contribution is 2.47. The van der Waals surface area contributed by atoms with E-state index in [1.807, 2.05) is 0 Å². The third-order valence-electron chi connectivity index (χ3n) is 1.72. The molecule has 0 radical (unpaired) electrons.